The molecular weight excluding hydrogens is 336 g/mol. The summed E-state index contributed by atoms with van der Waals surface area (Å²) in [5, 5.41) is 22.3. The summed E-state index contributed by atoms with van der Waals surface area (Å²) < 4.78 is 5.61. The smallest absolute Gasteiger partial charge is 0.337 e. The first kappa shape index (κ1) is 17.0. The molecule has 0 unspecified atom stereocenters. The lowest BCUT2D eigenvalue weighted by molar-refractivity contribution is 0.0687. The Morgan fingerprint density at radius 3 is 2.27 bits per heavy atom. The zero-order valence-electron chi connectivity index (χ0n) is 13.4. The van der Waals surface area contributed by atoms with Gasteiger partial charge in [0.05, 0.1) is 23.0 Å². The number of carboxylic acid groups (broad SMARTS) is 2. The zero-order chi connectivity index (χ0) is 18.5. The summed E-state index contributed by atoms with van der Waals surface area (Å²) in [7, 11) is 0. The SMILES string of the molecule is O=C(O)c1ccccc1NN=Cc1ccc(-c2ccccc2C(=O)O)o1. The van der Waals surface area contributed by atoms with Crippen LogP contribution in [0.1, 0.15) is 26.5 Å². The van der Waals surface area contributed by atoms with Crippen LogP contribution < -0.4 is 5.43 Å². The third-order valence-electron chi connectivity index (χ3n) is 3.58. The summed E-state index contributed by atoms with van der Waals surface area (Å²) in [5.41, 5.74) is 3.70. The number of hydrazone groups is 1. The molecular formula is C19H14N2O5. The van der Waals surface area contributed by atoms with Gasteiger partial charge in [-0.05, 0) is 30.3 Å². The average Bonchev–Trinajstić information content (AvgIpc) is 3.10. The number of carboxylic acids is 2. The molecule has 0 saturated carbocycles. The van der Waals surface area contributed by atoms with Gasteiger partial charge >= 0.3 is 11.9 Å². The van der Waals surface area contributed by atoms with Gasteiger partial charge in [0.2, 0.25) is 0 Å². The Morgan fingerprint density at radius 1 is 0.885 bits per heavy atom. The molecule has 0 aliphatic heterocycles. The monoisotopic (exact) mass is 350 g/mol. The van der Waals surface area contributed by atoms with Crippen molar-refractivity contribution < 1.29 is 24.2 Å². The lowest BCUT2D eigenvalue weighted by Crippen LogP contribution is -2.01. The highest BCUT2D eigenvalue weighted by Gasteiger charge is 2.13. The van der Waals surface area contributed by atoms with E-state index in [1.165, 1.54) is 18.3 Å². The normalized spacial score (nSPS) is 10.8. The molecule has 0 radical (unpaired) electrons. The predicted molar refractivity (Wildman–Crippen MR) is 95.7 cm³/mol. The fraction of sp³-hybridized carbons (Fsp3) is 0. The van der Waals surface area contributed by atoms with E-state index in [-0.39, 0.29) is 11.1 Å². The lowest BCUT2D eigenvalue weighted by atomic mass is 10.1. The molecule has 3 aromatic rings. The Labute approximate surface area is 148 Å². The van der Waals surface area contributed by atoms with Gasteiger partial charge in [-0.2, -0.15) is 5.10 Å². The summed E-state index contributed by atoms with van der Waals surface area (Å²) in [6.07, 6.45) is 1.38. The van der Waals surface area contributed by atoms with Crippen molar-refractivity contribution in [3.8, 4) is 11.3 Å². The second kappa shape index (κ2) is 7.35. The summed E-state index contributed by atoms with van der Waals surface area (Å²) in [6.45, 7) is 0. The molecule has 0 spiro atoms. The summed E-state index contributed by atoms with van der Waals surface area (Å²) >= 11 is 0. The first-order valence-electron chi connectivity index (χ1n) is 7.60. The highest BCUT2D eigenvalue weighted by molar-refractivity contribution is 5.96. The van der Waals surface area contributed by atoms with E-state index in [1.807, 2.05) is 0 Å². The van der Waals surface area contributed by atoms with Crippen LogP contribution in [-0.4, -0.2) is 28.4 Å². The van der Waals surface area contributed by atoms with Crippen LogP contribution in [-0.2, 0) is 0 Å². The van der Waals surface area contributed by atoms with Crippen molar-refractivity contribution in [3.63, 3.8) is 0 Å². The molecule has 26 heavy (non-hydrogen) atoms. The molecule has 2 aromatic carbocycles. The Kier molecular flexibility index (Phi) is 4.80. The van der Waals surface area contributed by atoms with Gasteiger partial charge in [0.15, 0.2) is 0 Å². The number of rotatable bonds is 6. The van der Waals surface area contributed by atoms with Crippen LogP contribution in [0.4, 0.5) is 5.69 Å². The van der Waals surface area contributed by atoms with Crippen molar-refractivity contribution in [2.45, 2.75) is 0 Å². The average molecular weight is 350 g/mol. The van der Waals surface area contributed by atoms with E-state index in [0.717, 1.165) is 0 Å². The number of nitrogens with zero attached hydrogens (tertiary/aromatic N) is 1. The Morgan fingerprint density at radius 2 is 1.54 bits per heavy atom. The number of benzene rings is 2. The third-order valence-corrected chi connectivity index (χ3v) is 3.58. The van der Waals surface area contributed by atoms with Crippen molar-refractivity contribution in [2.75, 3.05) is 5.43 Å². The van der Waals surface area contributed by atoms with E-state index in [0.29, 0.717) is 22.8 Å². The molecule has 3 N–H and O–H groups in total. The standard InChI is InChI=1S/C19H14N2O5/c22-18(23)14-6-2-1-5-13(14)17-10-9-12(26-17)11-20-21-16-8-4-3-7-15(16)19(24)25/h1-11,21H,(H,22,23)(H,24,25). The number of hydrogen-bond donors (Lipinski definition) is 3. The van der Waals surface area contributed by atoms with Gasteiger partial charge in [0.1, 0.15) is 11.5 Å². The molecule has 7 nitrogen and oxygen atoms in total. The largest absolute Gasteiger partial charge is 0.478 e. The number of nitrogens with one attached hydrogen (secondary N) is 1. The fourth-order valence-corrected chi connectivity index (χ4v) is 2.38. The number of para-hydroxylation sites is 1. The maximum Gasteiger partial charge on any atom is 0.337 e. The van der Waals surface area contributed by atoms with Crippen LogP contribution >= 0.6 is 0 Å². The van der Waals surface area contributed by atoms with Gasteiger partial charge in [0, 0.05) is 5.56 Å². The molecule has 0 atom stereocenters. The Bertz CT molecular complexity index is 991. The quantitative estimate of drug-likeness (QED) is 0.460. The van der Waals surface area contributed by atoms with E-state index in [4.69, 9.17) is 9.52 Å². The van der Waals surface area contributed by atoms with Gasteiger partial charge in [-0.3, -0.25) is 5.43 Å². The highest BCUT2D eigenvalue weighted by Crippen LogP contribution is 2.25. The number of carbonyl (C=O) groups is 2. The van der Waals surface area contributed by atoms with Crippen molar-refractivity contribution in [2.24, 2.45) is 5.10 Å². The van der Waals surface area contributed by atoms with Crippen LogP contribution in [0.3, 0.4) is 0 Å². The van der Waals surface area contributed by atoms with Gasteiger partial charge < -0.3 is 14.6 Å². The molecule has 0 aliphatic carbocycles. The minimum atomic E-state index is -1.06. The second-order valence-electron chi connectivity index (χ2n) is 5.27. The van der Waals surface area contributed by atoms with Crippen LogP contribution in [0, 0.1) is 0 Å². The molecule has 1 aromatic heterocycles. The van der Waals surface area contributed by atoms with E-state index in [2.05, 4.69) is 10.5 Å². The van der Waals surface area contributed by atoms with Gasteiger partial charge in [-0.25, -0.2) is 9.59 Å². The topological polar surface area (TPSA) is 112 Å². The number of aromatic carboxylic acids is 2. The van der Waals surface area contributed by atoms with Gasteiger partial charge in [-0.1, -0.05) is 30.3 Å². The Balaban J connectivity index is 1.79. The van der Waals surface area contributed by atoms with Crippen LogP contribution in [0.25, 0.3) is 11.3 Å². The van der Waals surface area contributed by atoms with Crippen molar-refractivity contribution >= 4 is 23.8 Å². The highest BCUT2D eigenvalue weighted by atomic mass is 16.4. The molecule has 0 amide bonds. The van der Waals surface area contributed by atoms with Crippen molar-refractivity contribution in [1.29, 1.82) is 0 Å². The van der Waals surface area contributed by atoms with Crippen LogP contribution in [0.2, 0.25) is 0 Å². The predicted octanol–water partition coefficient (Wildman–Crippen LogP) is 3.79. The fourth-order valence-electron chi connectivity index (χ4n) is 2.38. The lowest BCUT2D eigenvalue weighted by Gasteiger charge is -2.03. The minimum Gasteiger partial charge on any atom is -0.478 e. The molecule has 1 heterocycles. The molecule has 3 rings (SSSR count). The minimum absolute atomic E-state index is 0.0974. The molecule has 0 bridgehead atoms. The molecule has 130 valence electrons. The van der Waals surface area contributed by atoms with Crippen molar-refractivity contribution in [1.82, 2.24) is 0 Å². The number of anilines is 1. The maximum atomic E-state index is 11.3. The molecule has 7 heteroatoms. The molecule has 0 fully saturated rings. The third kappa shape index (κ3) is 3.62. The first-order chi connectivity index (χ1) is 12.6. The maximum absolute atomic E-state index is 11.3. The summed E-state index contributed by atoms with van der Waals surface area (Å²) in [4.78, 5) is 22.4. The van der Waals surface area contributed by atoms with Gasteiger partial charge in [0.25, 0.3) is 0 Å². The number of hydrogen-bond acceptors (Lipinski definition) is 5. The van der Waals surface area contributed by atoms with E-state index in [1.54, 1.807) is 48.5 Å². The van der Waals surface area contributed by atoms with Gasteiger partial charge in [-0.15, -0.1) is 0 Å². The van der Waals surface area contributed by atoms with Crippen LogP contribution in [0.5, 0.6) is 0 Å². The zero-order valence-corrected chi connectivity index (χ0v) is 13.4. The first-order valence-corrected chi connectivity index (χ1v) is 7.60. The second-order valence-corrected chi connectivity index (χ2v) is 5.27. The van der Waals surface area contributed by atoms with E-state index < -0.39 is 11.9 Å². The number of furan rings is 1. The summed E-state index contributed by atoms with van der Waals surface area (Å²) in [6, 6.07) is 16.2. The summed E-state index contributed by atoms with van der Waals surface area (Å²) in [5.74, 6) is -1.32. The van der Waals surface area contributed by atoms with E-state index in [9.17, 15) is 14.7 Å². The van der Waals surface area contributed by atoms with Crippen molar-refractivity contribution in [3.05, 3.63) is 77.6 Å². The molecule has 0 saturated heterocycles. The molecule has 0 aliphatic rings. The van der Waals surface area contributed by atoms with Crippen LogP contribution in [0.15, 0.2) is 70.2 Å². The Hall–Kier alpha value is -3.87. The van der Waals surface area contributed by atoms with E-state index >= 15 is 0 Å².